The SMILES string of the molecule is CCOc1ccc(C(=O)N2CCN(c3ccccc3OC)CC2)cc1COc1cccc(C)c1. The second-order valence-corrected chi connectivity index (χ2v) is 8.31. The van der Waals surface area contributed by atoms with Crippen molar-refractivity contribution in [3.8, 4) is 17.2 Å². The maximum atomic E-state index is 13.3. The third kappa shape index (κ3) is 5.45. The normalized spacial score (nSPS) is 13.5. The molecule has 6 heteroatoms. The Bertz CT molecular complexity index is 1120. The molecule has 0 unspecified atom stereocenters. The molecule has 1 heterocycles. The van der Waals surface area contributed by atoms with Gasteiger partial charge in [-0.25, -0.2) is 0 Å². The highest BCUT2D eigenvalue weighted by atomic mass is 16.5. The van der Waals surface area contributed by atoms with E-state index in [9.17, 15) is 4.79 Å². The number of ether oxygens (including phenoxy) is 3. The molecule has 178 valence electrons. The number of methoxy groups -OCH3 is 1. The van der Waals surface area contributed by atoms with Crippen LogP contribution in [0.15, 0.2) is 66.7 Å². The van der Waals surface area contributed by atoms with E-state index in [4.69, 9.17) is 14.2 Å². The Morgan fingerprint density at radius 1 is 0.882 bits per heavy atom. The molecule has 1 aliphatic heterocycles. The van der Waals surface area contributed by atoms with Gasteiger partial charge in [0.05, 0.1) is 19.4 Å². The van der Waals surface area contributed by atoms with Crippen LogP contribution in [0, 0.1) is 6.92 Å². The monoisotopic (exact) mass is 460 g/mol. The zero-order chi connectivity index (χ0) is 23.9. The number of carbonyl (C=O) groups is 1. The van der Waals surface area contributed by atoms with E-state index in [1.165, 1.54) is 0 Å². The molecule has 6 nitrogen and oxygen atoms in total. The van der Waals surface area contributed by atoms with Crippen molar-refractivity contribution >= 4 is 11.6 Å². The lowest BCUT2D eigenvalue weighted by molar-refractivity contribution is 0.0746. The molecule has 34 heavy (non-hydrogen) atoms. The van der Waals surface area contributed by atoms with E-state index in [-0.39, 0.29) is 5.91 Å². The Balaban J connectivity index is 1.45. The molecule has 0 bridgehead atoms. The predicted molar refractivity (Wildman–Crippen MR) is 134 cm³/mol. The van der Waals surface area contributed by atoms with Crippen LogP contribution < -0.4 is 19.1 Å². The number of hydrogen-bond acceptors (Lipinski definition) is 5. The topological polar surface area (TPSA) is 51.2 Å². The van der Waals surface area contributed by atoms with Gasteiger partial charge in [-0.3, -0.25) is 4.79 Å². The molecule has 3 aromatic rings. The number of aryl methyl sites for hydroxylation is 1. The average Bonchev–Trinajstić information content (AvgIpc) is 2.88. The van der Waals surface area contributed by atoms with Gasteiger partial charge in [0.15, 0.2) is 0 Å². The Morgan fingerprint density at radius 3 is 2.41 bits per heavy atom. The van der Waals surface area contributed by atoms with Gasteiger partial charge in [-0.15, -0.1) is 0 Å². The number of rotatable bonds is 8. The summed E-state index contributed by atoms with van der Waals surface area (Å²) < 4.78 is 17.3. The summed E-state index contributed by atoms with van der Waals surface area (Å²) in [7, 11) is 1.69. The predicted octanol–water partition coefficient (Wildman–Crippen LogP) is 4.94. The molecule has 1 fully saturated rings. The summed E-state index contributed by atoms with van der Waals surface area (Å²) in [5.41, 5.74) is 3.71. The molecule has 0 atom stereocenters. The van der Waals surface area contributed by atoms with E-state index in [1.807, 2.05) is 79.4 Å². The fourth-order valence-electron chi connectivity index (χ4n) is 4.21. The van der Waals surface area contributed by atoms with Crippen LogP contribution in [0.2, 0.25) is 0 Å². The average molecular weight is 461 g/mol. The Kier molecular flexibility index (Phi) is 7.58. The second kappa shape index (κ2) is 11.0. The van der Waals surface area contributed by atoms with E-state index in [1.54, 1.807) is 7.11 Å². The van der Waals surface area contributed by atoms with Crippen molar-refractivity contribution in [1.82, 2.24) is 4.90 Å². The molecule has 4 rings (SSSR count). The quantitative estimate of drug-likeness (QED) is 0.476. The van der Waals surface area contributed by atoms with Gasteiger partial charge in [-0.2, -0.15) is 0 Å². The molecular formula is C28H32N2O4. The van der Waals surface area contributed by atoms with Gasteiger partial charge in [-0.1, -0.05) is 24.3 Å². The maximum Gasteiger partial charge on any atom is 0.253 e. The van der Waals surface area contributed by atoms with Crippen LogP contribution in [0.3, 0.4) is 0 Å². The summed E-state index contributed by atoms with van der Waals surface area (Å²) in [6.45, 7) is 7.69. The van der Waals surface area contributed by atoms with E-state index in [0.717, 1.165) is 47.2 Å². The molecular weight excluding hydrogens is 428 g/mol. The van der Waals surface area contributed by atoms with Crippen molar-refractivity contribution in [1.29, 1.82) is 0 Å². The van der Waals surface area contributed by atoms with Crippen molar-refractivity contribution in [3.05, 3.63) is 83.4 Å². The summed E-state index contributed by atoms with van der Waals surface area (Å²) in [5.74, 6) is 2.42. The molecule has 0 aliphatic carbocycles. The molecule has 0 aromatic heterocycles. The van der Waals surface area contributed by atoms with Crippen LogP contribution in [0.5, 0.6) is 17.2 Å². The van der Waals surface area contributed by atoms with Crippen LogP contribution in [0.4, 0.5) is 5.69 Å². The number of piperazine rings is 1. The van der Waals surface area contributed by atoms with Crippen LogP contribution in [0.1, 0.15) is 28.4 Å². The number of para-hydroxylation sites is 2. The first-order valence-electron chi connectivity index (χ1n) is 11.7. The fraction of sp³-hybridized carbons (Fsp3) is 0.321. The first-order valence-corrected chi connectivity index (χ1v) is 11.7. The van der Waals surface area contributed by atoms with Gasteiger partial charge in [-0.05, 0) is 61.9 Å². The molecule has 0 saturated carbocycles. The number of benzene rings is 3. The second-order valence-electron chi connectivity index (χ2n) is 8.31. The molecule has 1 amide bonds. The third-order valence-electron chi connectivity index (χ3n) is 5.98. The minimum atomic E-state index is 0.0273. The van der Waals surface area contributed by atoms with Crippen molar-refractivity contribution in [2.45, 2.75) is 20.5 Å². The van der Waals surface area contributed by atoms with E-state index < -0.39 is 0 Å². The minimum absolute atomic E-state index is 0.0273. The van der Waals surface area contributed by atoms with Gasteiger partial charge in [0.25, 0.3) is 5.91 Å². The number of hydrogen-bond donors (Lipinski definition) is 0. The molecule has 1 aliphatic rings. The molecule has 0 radical (unpaired) electrons. The molecule has 0 spiro atoms. The third-order valence-corrected chi connectivity index (χ3v) is 5.98. The summed E-state index contributed by atoms with van der Waals surface area (Å²) in [6, 6.07) is 21.5. The lowest BCUT2D eigenvalue weighted by atomic mass is 10.1. The van der Waals surface area contributed by atoms with Crippen molar-refractivity contribution in [2.75, 3.05) is 44.8 Å². The lowest BCUT2D eigenvalue weighted by Crippen LogP contribution is -2.48. The zero-order valence-corrected chi connectivity index (χ0v) is 20.1. The standard InChI is InChI=1S/C28H32N2O4/c1-4-33-26-13-12-22(19-23(26)20-34-24-9-7-8-21(2)18-24)28(31)30-16-14-29(15-17-30)25-10-5-6-11-27(25)32-3/h5-13,18-19H,4,14-17,20H2,1-3H3. The first-order chi connectivity index (χ1) is 16.6. The lowest BCUT2D eigenvalue weighted by Gasteiger charge is -2.36. The highest BCUT2D eigenvalue weighted by Gasteiger charge is 2.24. The first kappa shape index (κ1) is 23.5. The smallest absolute Gasteiger partial charge is 0.253 e. The van der Waals surface area contributed by atoms with E-state index in [0.29, 0.717) is 31.9 Å². The van der Waals surface area contributed by atoms with Gasteiger partial charge >= 0.3 is 0 Å². The molecule has 0 N–H and O–H groups in total. The van der Waals surface area contributed by atoms with Crippen LogP contribution in [-0.2, 0) is 6.61 Å². The van der Waals surface area contributed by atoms with Crippen molar-refractivity contribution in [3.63, 3.8) is 0 Å². The van der Waals surface area contributed by atoms with Crippen LogP contribution >= 0.6 is 0 Å². The molecule has 3 aromatic carbocycles. The van der Waals surface area contributed by atoms with Gasteiger partial charge in [0.2, 0.25) is 0 Å². The summed E-state index contributed by atoms with van der Waals surface area (Å²) >= 11 is 0. The highest BCUT2D eigenvalue weighted by Crippen LogP contribution is 2.29. The van der Waals surface area contributed by atoms with Crippen molar-refractivity contribution < 1.29 is 19.0 Å². The Morgan fingerprint density at radius 2 is 1.68 bits per heavy atom. The number of amides is 1. The number of nitrogens with zero attached hydrogens (tertiary/aromatic N) is 2. The molecule has 1 saturated heterocycles. The Hall–Kier alpha value is -3.67. The zero-order valence-electron chi connectivity index (χ0n) is 20.1. The largest absolute Gasteiger partial charge is 0.495 e. The number of anilines is 1. The van der Waals surface area contributed by atoms with E-state index in [2.05, 4.69) is 11.0 Å². The van der Waals surface area contributed by atoms with E-state index >= 15 is 0 Å². The Labute approximate surface area is 201 Å². The fourth-order valence-corrected chi connectivity index (χ4v) is 4.21. The summed E-state index contributed by atoms with van der Waals surface area (Å²) in [5, 5.41) is 0. The highest BCUT2D eigenvalue weighted by molar-refractivity contribution is 5.94. The summed E-state index contributed by atoms with van der Waals surface area (Å²) in [6.07, 6.45) is 0. The van der Waals surface area contributed by atoms with Crippen molar-refractivity contribution in [2.24, 2.45) is 0 Å². The van der Waals surface area contributed by atoms with Crippen LogP contribution in [0.25, 0.3) is 0 Å². The van der Waals surface area contributed by atoms with Gasteiger partial charge < -0.3 is 24.0 Å². The van der Waals surface area contributed by atoms with Crippen LogP contribution in [-0.4, -0.2) is 50.7 Å². The number of carbonyl (C=O) groups excluding carboxylic acids is 1. The summed E-state index contributed by atoms with van der Waals surface area (Å²) in [4.78, 5) is 17.5. The minimum Gasteiger partial charge on any atom is -0.495 e. The van der Waals surface area contributed by atoms with Gasteiger partial charge in [0, 0.05) is 37.3 Å². The van der Waals surface area contributed by atoms with Gasteiger partial charge in [0.1, 0.15) is 23.9 Å². The maximum absolute atomic E-state index is 13.3.